The van der Waals surface area contributed by atoms with Crippen LogP contribution < -0.4 is 10.9 Å². The Hall–Kier alpha value is -3.41. The van der Waals surface area contributed by atoms with Crippen molar-refractivity contribution in [2.24, 2.45) is 0 Å². The predicted molar refractivity (Wildman–Crippen MR) is 130 cm³/mol. The fraction of sp³-hybridized carbons (Fsp3) is 0.111. The SMILES string of the molecule is Fc1c(F)c(F)c([B-](CCc2ccccc2)(CSc2ccccc2)c2c(F)c(F)c(F)c(F)c2F)c(F)c1F. The number of hydrogen-bond donors (Lipinski definition) is 0. The van der Waals surface area contributed by atoms with E-state index in [4.69, 9.17) is 0 Å². The van der Waals surface area contributed by atoms with E-state index in [9.17, 15) is 26.3 Å². The van der Waals surface area contributed by atoms with Crippen LogP contribution >= 0.6 is 11.8 Å². The van der Waals surface area contributed by atoms with Crippen molar-refractivity contribution in [1.82, 2.24) is 0 Å². The number of hydrogen-bond acceptors (Lipinski definition) is 1. The Bertz CT molecular complexity index is 1340. The number of rotatable bonds is 8. The normalized spacial score (nSPS) is 11.7. The van der Waals surface area contributed by atoms with Gasteiger partial charge in [0.15, 0.2) is 34.9 Å². The summed E-state index contributed by atoms with van der Waals surface area (Å²) in [6, 6.07) is 15.4. The first-order chi connectivity index (χ1) is 18.5. The first-order valence-corrected chi connectivity index (χ1v) is 12.4. The number of benzene rings is 4. The van der Waals surface area contributed by atoms with Crippen LogP contribution in [0.15, 0.2) is 65.6 Å². The van der Waals surface area contributed by atoms with Crippen molar-refractivity contribution in [2.45, 2.75) is 17.6 Å². The van der Waals surface area contributed by atoms with Crippen molar-refractivity contribution in [1.29, 1.82) is 0 Å². The second kappa shape index (κ2) is 11.4. The summed E-state index contributed by atoms with van der Waals surface area (Å²) in [6.45, 7) is 0. The van der Waals surface area contributed by atoms with Crippen LogP contribution in [0.4, 0.5) is 43.9 Å². The van der Waals surface area contributed by atoms with E-state index >= 15 is 17.6 Å². The molecule has 204 valence electrons. The lowest BCUT2D eigenvalue weighted by Gasteiger charge is -2.42. The maximum atomic E-state index is 15.4. The molecule has 0 nitrogen and oxygen atoms in total. The zero-order chi connectivity index (χ0) is 28.5. The molecule has 0 atom stereocenters. The fourth-order valence-corrected chi connectivity index (χ4v) is 6.04. The third-order valence-corrected chi connectivity index (χ3v) is 7.98. The van der Waals surface area contributed by atoms with Gasteiger partial charge in [-0.3, -0.25) is 0 Å². The van der Waals surface area contributed by atoms with Gasteiger partial charge >= 0.3 is 0 Å². The van der Waals surface area contributed by atoms with E-state index in [0.717, 1.165) is 0 Å². The zero-order valence-corrected chi connectivity index (χ0v) is 20.5. The van der Waals surface area contributed by atoms with Gasteiger partial charge in [0, 0.05) is 4.90 Å². The summed E-state index contributed by atoms with van der Waals surface area (Å²) in [6.07, 6.45) is -4.91. The smallest absolute Gasteiger partial charge is 0.200 e. The van der Waals surface area contributed by atoms with E-state index in [1.807, 2.05) is 0 Å². The largest absolute Gasteiger partial charge is 0.207 e. The third-order valence-electron chi connectivity index (χ3n) is 6.64. The molecule has 0 radical (unpaired) electrons. The minimum Gasteiger partial charge on any atom is -0.207 e. The van der Waals surface area contributed by atoms with E-state index in [2.05, 4.69) is 0 Å². The molecular weight excluding hydrogens is 557 g/mol. The van der Waals surface area contributed by atoms with Crippen LogP contribution in [0, 0.1) is 58.2 Å². The summed E-state index contributed by atoms with van der Waals surface area (Å²) < 4.78 is 147. The molecule has 12 heteroatoms. The van der Waals surface area contributed by atoms with Crippen LogP contribution in [-0.4, -0.2) is 11.8 Å². The Morgan fingerprint density at radius 2 is 0.821 bits per heavy atom. The lowest BCUT2D eigenvalue weighted by molar-refractivity contribution is 0.381. The van der Waals surface area contributed by atoms with Gasteiger partial charge in [-0.15, -0.1) is 16.6 Å². The predicted octanol–water partition coefficient (Wildman–Crippen LogP) is 7.21. The van der Waals surface area contributed by atoms with Crippen LogP contribution in [0.1, 0.15) is 5.56 Å². The fourth-order valence-electron chi connectivity index (χ4n) is 4.71. The molecule has 4 rings (SSSR count). The molecule has 4 aromatic carbocycles. The molecule has 0 amide bonds. The van der Waals surface area contributed by atoms with Crippen molar-refractivity contribution >= 4 is 28.8 Å². The molecule has 0 saturated carbocycles. The van der Waals surface area contributed by atoms with E-state index in [0.29, 0.717) is 22.2 Å². The summed E-state index contributed by atoms with van der Waals surface area (Å²) in [5, 5.41) is 0. The van der Waals surface area contributed by atoms with Gasteiger partial charge in [0.25, 0.3) is 0 Å². The highest BCUT2D eigenvalue weighted by Crippen LogP contribution is 2.32. The van der Waals surface area contributed by atoms with Gasteiger partial charge in [-0.25, -0.2) is 43.9 Å². The third kappa shape index (κ3) is 5.14. The minimum absolute atomic E-state index is 0.269. The first-order valence-electron chi connectivity index (χ1n) is 11.5. The van der Waals surface area contributed by atoms with Gasteiger partial charge < -0.3 is 0 Å². The van der Waals surface area contributed by atoms with E-state index in [1.165, 1.54) is 36.4 Å². The summed E-state index contributed by atoms with van der Waals surface area (Å²) >= 11 is 0.703. The van der Waals surface area contributed by atoms with Crippen molar-refractivity contribution < 1.29 is 43.9 Å². The molecule has 0 fully saturated rings. The lowest BCUT2D eigenvalue weighted by Crippen LogP contribution is -2.66. The standard InChI is InChI=1S/C27H16BF10S/c29-18-16(19(30)23(34)26(37)22(18)33)28(12-11-14-7-3-1-4-8-14,13-39-15-9-5-2-6-10-15)17-20(31)24(35)27(38)25(36)21(17)32/h1-10H,11-13H2/q-1. The van der Waals surface area contributed by atoms with Gasteiger partial charge in [-0.05, 0) is 12.1 Å². The Balaban J connectivity index is 2.10. The lowest BCUT2D eigenvalue weighted by atomic mass is 9.17. The monoisotopic (exact) mass is 573 g/mol. The summed E-state index contributed by atoms with van der Waals surface area (Å²) in [5.74, 6) is -24.4. The van der Waals surface area contributed by atoms with Crippen LogP contribution in [0.2, 0.25) is 6.32 Å². The van der Waals surface area contributed by atoms with Gasteiger partial charge in [0.2, 0.25) is 0 Å². The van der Waals surface area contributed by atoms with Crippen molar-refractivity contribution in [3.63, 3.8) is 0 Å². The van der Waals surface area contributed by atoms with E-state index < -0.39 is 87.2 Å². The quantitative estimate of drug-likeness (QED) is 0.0706. The molecule has 0 spiro atoms. The average molecular weight is 573 g/mol. The second-order valence-electron chi connectivity index (χ2n) is 8.87. The Morgan fingerprint density at radius 3 is 1.23 bits per heavy atom. The number of thioether (sulfide) groups is 1. The molecule has 0 aliphatic carbocycles. The summed E-state index contributed by atoms with van der Waals surface area (Å²) in [4.78, 5) is 0.344. The molecule has 0 N–H and O–H groups in total. The maximum absolute atomic E-state index is 15.4. The topological polar surface area (TPSA) is 0 Å². The molecular formula is C27H16BF10S-. The average Bonchev–Trinajstić information content (AvgIpc) is 2.95. The first kappa shape index (κ1) is 28.6. The molecule has 0 unspecified atom stereocenters. The van der Waals surface area contributed by atoms with Gasteiger partial charge in [-0.2, -0.15) is 18.1 Å². The molecule has 4 aromatic rings. The molecule has 39 heavy (non-hydrogen) atoms. The molecule has 0 bridgehead atoms. The Morgan fingerprint density at radius 1 is 0.462 bits per heavy atom. The van der Waals surface area contributed by atoms with Crippen molar-refractivity contribution in [3.8, 4) is 0 Å². The van der Waals surface area contributed by atoms with Crippen LogP contribution in [0.3, 0.4) is 0 Å². The molecule has 0 saturated heterocycles. The minimum atomic E-state index is -3.90. The van der Waals surface area contributed by atoms with Crippen LogP contribution in [-0.2, 0) is 6.42 Å². The van der Waals surface area contributed by atoms with Gasteiger partial charge in [0.05, 0.1) is 6.15 Å². The maximum Gasteiger partial charge on any atom is 0.200 e. The van der Waals surface area contributed by atoms with Crippen LogP contribution in [0.5, 0.6) is 0 Å². The second-order valence-corrected chi connectivity index (χ2v) is 9.96. The van der Waals surface area contributed by atoms with Crippen molar-refractivity contribution in [2.75, 3.05) is 5.65 Å². The highest BCUT2D eigenvalue weighted by molar-refractivity contribution is 8.01. The highest BCUT2D eigenvalue weighted by atomic mass is 32.2. The summed E-state index contributed by atoms with van der Waals surface area (Å²) in [5.41, 5.74) is -3.67. The van der Waals surface area contributed by atoms with Crippen molar-refractivity contribution in [3.05, 3.63) is 124 Å². The molecule has 0 aliphatic heterocycles. The molecule has 0 aromatic heterocycles. The number of halogens is 10. The van der Waals surface area contributed by atoms with E-state index in [-0.39, 0.29) is 6.42 Å². The highest BCUT2D eigenvalue weighted by Gasteiger charge is 2.42. The van der Waals surface area contributed by atoms with Gasteiger partial charge in [-0.1, -0.05) is 60.5 Å². The molecule has 0 aliphatic rings. The Kier molecular flexibility index (Phi) is 8.34. The molecule has 0 heterocycles. The number of aryl methyl sites for hydroxylation is 1. The Labute approximate surface area is 220 Å². The zero-order valence-electron chi connectivity index (χ0n) is 19.7. The van der Waals surface area contributed by atoms with Crippen LogP contribution in [0.25, 0.3) is 0 Å². The van der Waals surface area contributed by atoms with E-state index in [1.54, 1.807) is 24.3 Å². The van der Waals surface area contributed by atoms with Gasteiger partial charge in [0.1, 0.15) is 23.3 Å². The summed E-state index contributed by atoms with van der Waals surface area (Å²) in [7, 11) is 0.